The quantitative estimate of drug-likeness (QED) is 0.816. The second-order valence-electron chi connectivity index (χ2n) is 6.10. The molecule has 1 rings (SSSR count). The number of carboxylic acids is 1. The highest BCUT2D eigenvalue weighted by Crippen LogP contribution is 2.20. The van der Waals surface area contributed by atoms with Crippen LogP contribution in [0.2, 0.25) is 0 Å². The van der Waals surface area contributed by atoms with Gasteiger partial charge in [0.1, 0.15) is 0 Å². The maximum absolute atomic E-state index is 12.0. The fraction of sp³-hybridized carbons (Fsp3) is 0.846. The van der Waals surface area contributed by atoms with Gasteiger partial charge in [-0.2, -0.15) is 0 Å². The van der Waals surface area contributed by atoms with E-state index in [9.17, 15) is 9.59 Å². The van der Waals surface area contributed by atoms with E-state index in [2.05, 4.69) is 25.7 Å². The van der Waals surface area contributed by atoms with Crippen LogP contribution in [0.25, 0.3) is 0 Å². The third kappa shape index (κ3) is 5.49. The van der Waals surface area contributed by atoms with Crippen LogP contribution in [0, 0.1) is 5.41 Å². The molecule has 104 valence electrons. The Morgan fingerprint density at radius 2 is 1.67 bits per heavy atom. The van der Waals surface area contributed by atoms with Crippen LogP contribution in [0.4, 0.5) is 0 Å². The van der Waals surface area contributed by atoms with Crippen LogP contribution in [0.3, 0.4) is 0 Å². The summed E-state index contributed by atoms with van der Waals surface area (Å²) in [5.74, 6) is -0.554. The second kappa shape index (κ2) is 6.18. The van der Waals surface area contributed by atoms with Gasteiger partial charge in [-0.1, -0.05) is 20.8 Å². The molecule has 18 heavy (non-hydrogen) atoms. The van der Waals surface area contributed by atoms with Gasteiger partial charge in [-0.3, -0.25) is 14.5 Å². The summed E-state index contributed by atoms with van der Waals surface area (Å²) < 4.78 is 0. The molecule has 0 aromatic carbocycles. The number of carboxylic acid groups (broad SMARTS) is 1. The minimum Gasteiger partial charge on any atom is -0.481 e. The van der Waals surface area contributed by atoms with Crippen LogP contribution in [-0.4, -0.2) is 59.5 Å². The van der Waals surface area contributed by atoms with Crippen molar-refractivity contribution in [3.63, 3.8) is 0 Å². The van der Waals surface area contributed by atoms with Gasteiger partial charge in [0.25, 0.3) is 0 Å². The highest BCUT2D eigenvalue weighted by atomic mass is 16.4. The molecule has 0 aromatic heterocycles. The summed E-state index contributed by atoms with van der Waals surface area (Å²) in [4.78, 5) is 26.5. The maximum atomic E-state index is 12.0. The van der Waals surface area contributed by atoms with Gasteiger partial charge in [-0.15, -0.1) is 0 Å². The molecule has 0 radical (unpaired) electrons. The van der Waals surface area contributed by atoms with Crippen molar-refractivity contribution in [1.29, 1.82) is 0 Å². The second-order valence-corrected chi connectivity index (χ2v) is 6.10. The number of amides is 1. The van der Waals surface area contributed by atoms with E-state index in [-0.39, 0.29) is 17.7 Å². The van der Waals surface area contributed by atoms with Crippen molar-refractivity contribution >= 4 is 11.9 Å². The molecule has 1 aliphatic rings. The minimum absolute atomic E-state index is 0.0253. The summed E-state index contributed by atoms with van der Waals surface area (Å²) in [7, 11) is 0. The Morgan fingerprint density at radius 3 is 2.11 bits per heavy atom. The molecule has 5 heteroatoms. The zero-order valence-corrected chi connectivity index (χ0v) is 11.6. The Balaban J connectivity index is 2.30. The first-order chi connectivity index (χ1) is 8.28. The molecule has 0 aromatic rings. The van der Waals surface area contributed by atoms with Crippen LogP contribution in [0.5, 0.6) is 0 Å². The van der Waals surface area contributed by atoms with E-state index in [1.165, 1.54) is 0 Å². The summed E-state index contributed by atoms with van der Waals surface area (Å²) in [5.41, 5.74) is 0.0253. The summed E-state index contributed by atoms with van der Waals surface area (Å²) in [6.07, 6.45) is 0.748. The van der Waals surface area contributed by atoms with Gasteiger partial charge in [0, 0.05) is 39.1 Å². The normalized spacial score (nSPS) is 17.8. The van der Waals surface area contributed by atoms with E-state index >= 15 is 0 Å². The zero-order chi connectivity index (χ0) is 13.8. The van der Waals surface area contributed by atoms with Crippen LogP contribution < -0.4 is 0 Å². The van der Waals surface area contributed by atoms with Crippen LogP contribution in [-0.2, 0) is 9.59 Å². The van der Waals surface area contributed by atoms with Crippen LogP contribution in [0.1, 0.15) is 33.6 Å². The largest absolute Gasteiger partial charge is 0.481 e. The van der Waals surface area contributed by atoms with E-state index in [0.29, 0.717) is 26.1 Å². The minimum atomic E-state index is -0.763. The molecule has 1 aliphatic heterocycles. The first kappa shape index (κ1) is 15.0. The van der Waals surface area contributed by atoms with Crippen molar-refractivity contribution in [2.75, 3.05) is 32.7 Å². The molecule has 0 atom stereocenters. The van der Waals surface area contributed by atoms with Gasteiger partial charge in [-0.25, -0.2) is 0 Å². The Labute approximate surface area is 109 Å². The van der Waals surface area contributed by atoms with Crippen molar-refractivity contribution < 1.29 is 14.7 Å². The number of carbonyl (C=O) groups excluding carboxylic acids is 1. The molecule has 1 N–H and O–H groups in total. The monoisotopic (exact) mass is 256 g/mol. The maximum Gasteiger partial charge on any atom is 0.304 e. The predicted molar refractivity (Wildman–Crippen MR) is 69.3 cm³/mol. The number of piperazine rings is 1. The lowest BCUT2D eigenvalue weighted by Crippen LogP contribution is -2.49. The van der Waals surface area contributed by atoms with E-state index in [4.69, 9.17) is 5.11 Å². The fourth-order valence-corrected chi connectivity index (χ4v) is 2.04. The number of hydrogen-bond donors (Lipinski definition) is 1. The van der Waals surface area contributed by atoms with E-state index in [0.717, 1.165) is 13.1 Å². The highest BCUT2D eigenvalue weighted by Gasteiger charge is 2.24. The molecule has 0 unspecified atom stereocenters. The molecule has 1 fully saturated rings. The molecular weight excluding hydrogens is 232 g/mol. The lowest BCUT2D eigenvalue weighted by atomic mass is 9.91. The predicted octanol–water partition coefficient (Wildman–Crippen LogP) is 1.04. The lowest BCUT2D eigenvalue weighted by molar-refractivity contribution is -0.138. The smallest absolute Gasteiger partial charge is 0.304 e. The molecular formula is C13H24N2O3. The number of aliphatic carboxylic acids is 1. The van der Waals surface area contributed by atoms with E-state index in [1.54, 1.807) is 0 Å². The van der Waals surface area contributed by atoms with Crippen molar-refractivity contribution in [2.24, 2.45) is 5.41 Å². The van der Waals surface area contributed by atoms with Crippen LogP contribution in [0.15, 0.2) is 0 Å². The average molecular weight is 256 g/mol. The van der Waals surface area contributed by atoms with Crippen molar-refractivity contribution in [3.05, 3.63) is 0 Å². The Hall–Kier alpha value is -1.10. The van der Waals surface area contributed by atoms with Gasteiger partial charge in [0.05, 0.1) is 6.42 Å². The lowest BCUT2D eigenvalue weighted by Gasteiger charge is -2.35. The topological polar surface area (TPSA) is 60.9 Å². The molecule has 0 saturated carbocycles. The van der Waals surface area contributed by atoms with Gasteiger partial charge in [-0.05, 0) is 5.41 Å². The molecule has 0 spiro atoms. The molecule has 1 amide bonds. The third-order valence-electron chi connectivity index (χ3n) is 3.05. The Bertz CT molecular complexity index is 302. The summed E-state index contributed by atoms with van der Waals surface area (Å²) in [6.45, 7) is 9.77. The fourth-order valence-electron chi connectivity index (χ4n) is 2.04. The average Bonchev–Trinajstić information content (AvgIpc) is 2.24. The standard InChI is InChI=1S/C13H24N2O3/c1-13(2,3)10-11(16)15-8-6-14(7-9-15)5-4-12(17)18/h4-10H2,1-3H3,(H,17,18). The summed E-state index contributed by atoms with van der Waals surface area (Å²) in [5, 5.41) is 8.62. The summed E-state index contributed by atoms with van der Waals surface area (Å²) in [6, 6.07) is 0. The Morgan fingerprint density at radius 1 is 1.11 bits per heavy atom. The van der Waals surface area contributed by atoms with E-state index in [1.807, 2.05) is 4.90 Å². The van der Waals surface area contributed by atoms with Crippen molar-refractivity contribution in [3.8, 4) is 0 Å². The number of carbonyl (C=O) groups is 2. The van der Waals surface area contributed by atoms with Crippen molar-refractivity contribution in [1.82, 2.24) is 9.80 Å². The highest BCUT2D eigenvalue weighted by molar-refractivity contribution is 5.76. The molecule has 0 aliphatic carbocycles. The van der Waals surface area contributed by atoms with Crippen LogP contribution >= 0.6 is 0 Å². The summed E-state index contributed by atoms with van der Waals surface area (Å²) >= 11 is 0. The van der Waals surface area contributed by atoms with Crippen molar-refractivity contribution in [2.45, 2.75) is 33.6 Å². The first-order valence-corrected chi connectivity index (χ1v) is 6.50. The first-order valence-electron chi connectivity index (χ1n) is 6.50. The third-order valence-corrected chi connectivity index (χ3v) is 3.05. The number of hydrogen-bond acceptors (Lipinski definition) is 3. The Kier molecular flexibility index (Phi) is 5.14. The van der Waals surface area contributed by atoms with Gasteiger partial charge >= 0.3 is 5.97 Å². The molecule has 1 heterocycles. The molecule has 5 nitrogen and oxygen atoms in total. The van der Waals surface area contributed by atoms with Gasteiger partial charge in [0.2, 0.25) is 5.91 Å². The molecule has 1 saturated heterocycles. The zero-order valence-electron chi connectivity index (χ0n) is 11.6. The van der Waals surface area contributed by atoms with Gasteiger partial charge in [0.15, 0.2) is 0 Å². The van der Waals surface area contributed by atoms with E-state index < -0.39 is 5.97 Å². The number of nitrogens with zero attached hydrogens (tertiary/aromatic N) is 2. The van der Waals surface area contributed by atoms with Gasteiger partial charge < -0.3 is 10.0 Å². The number of rotatable bonds is 4. The SMILES string of the molecule is CC(C)(C)CC(=O)N1CCN(CCC(=O)O)CC1. The molecule has 0 bridgehead atoms.